The predicted molar refractivity (Wildman–Crippen MR) is 213 cm³/mol. The zero-order chi connectivity index (χ0) is 42.7. The van der Waals surface area contributed by atoms with Gasteiger partial charge in [0.2, 0.25) is 27.7 Å². The second kappa shape index (κ2) is 15.5. The van der Waals surface area contributed by atoms with Crippen molar-refractivity contribution < 1.29 is 50.6 Å². The molecule has 0 bridgehead atoms. The van der Waals surface area contributed by atoms with E-state index in [-0.39, 0.29) is 31.2 Å². The monoisotopic (exact) mass is 843 g/mol. The number of allylic oxidation sites excluding steroid dienone is 1. The van der Waals surface area contributed by atoms with Crippen LogP contribution in [0.1, 0.15) is 98.6 Å². The Hall–Kier alpha value is -4.54. The second-order valence-electron chi connectivity index (χ2n) is 18.1. The van der Waals surface area contributed by atoms with Gasteiger partial charge in [-0.3, -0.25) is 19.1 Å². The number of sulfonamides is 1. The highest BCUT2D eigenvalue weighted by molar-refractivity contribution is 7.91. The number of halogens is 2. The van der Waals surface area contributed by atoms with Gasteiger partial charge in [-0.1, -0.05) is 44.2 Å². The van der Waals surface area contributed by atoms with E-state index in [2.05, 4.69) is 15.4 Å². The summed E-state index contributed by atoms with van der Waals surface area (Å²) in [5.41, 5.74) is -3.10. The molecule has 1 saturated heterocycles. The van der Waals surface area contributed by atoms with E-state index in [0.29, 0.717) is 68.9 Å². The average molecular weight is 844 g/mol. The highest BCUT2D eigenvalue weighted by Crippen LogP contribution is 2.48. The Morgan fingerprint density at radius 3 is 2.49 bits per heavy atom. The molecule has 4 amide bonds. The number of pyridine rings is 1. The average Bonchev–Trinajstić information content (AvgIpc) is 4.04. The second-order valence-corrected chi connectivity index (χ2v) is 20.3. The molecule has 4 heterocycles. The topological polar surface area (TPSA) is 182 Å². The number of nitrogens with zero attached hydrogens (tertiary/aromatic N) is 2. The van der Waals surface area contributed by atoms with E-state index in [9.17, 15) is 36.4 Å². The Morgan fingerprint density at radius 1 is 1.08 bits per heavy atom. The molecule has 7 rings (SSSR count). The van der Waals surface area contributed by atoms with Gasteiger partial charge in [-0.2, -0.15) is 0 Å². The molecule has 2 aliphatic carbocycles. The van der Waals surface area contributed by atoms with Crippen LogP contribution in [0.25, 0.3) is 10.8 Å². The van der Waals surface area contributed by atoms with Gasteiger partial charge in [-0.15, -0.1) is 0 Å². The maximum Gasteiger partial charge on any atom is 0.408 e. The zero-order valence-corrected chi connectivity index (χ0v) is 35.3. The van der Waals surface area contributed by atoms with Crippen molar-refractivity contribution >= 4 is 44.6 Å². The van der Waals surface area contributed by atoms with Crippen molar-refractivity contribution in [3.63, 3.8) is 0 Å². The van der Waals surface area contributed by atoms with Crippen LogP contribution < -0.4 is 24.8 Å². The quantitative estimate of drug-likeness (QED) is 0.294. The molecule has 322 valence electrons. The van der Waals surface area contributed by atoms with Gasteiger partial charge in [0.25, 0.3) is 11.8 Å². The van der Waals surface area contributed by atoms with Gasteiger partial charge in [0.15, 0.2) is 5.60 Å². The zero-order valence-electron chi connectivity index (χ0n) is 34.4. The largest absolute Gasteiger partial charge is 0.491 e. The summed E-state index contributed by atoms with van der Waals surface area (Å²) in [6.07, 6.45) is 5.72. The standard InChI is InChI=1S/C42H55F2N5O9S/c1-24-12-7-8-13-26-22-42(26,37(52)48-59(54,55)40(5)17-18-40)47-34(50)31-21-27(57-35-29-15-10-9-14-28(29)33-30(45-35)16-11-19-56-33)23-49(31)36(51)32(25(2)20-24)46-38(53)58-39(3,4)41(6,43)44/h8-10,13-15,24-27,31-32H,7,11-12,16-23H2,1-6H3,(H,46,53)(H,47,50)(H,48,52)/b13-8-/t24-,25-,26-,27-,31+,32+,42-/m1/s1. The van der Waals surface area contributed by atoms with Crippen molar-refractivity contribution in [1.29, 1.82) is 0 Å². The molecule has 3 fully saturated rings. The fourth-order valence-corrected chi connectivity index (χ4v) is 9.64. The Kier molecular flexibility index (Phi) is 11.2. The number of rotatable bonds is 8. The summed E-state index contributed by atoms with van der Waals surface area (Å²) in [6, 6.07) is 4.91. The number of hydrogen-bond acceptors (Lipinski definition) is 10. The number of nitrogens with one attached hydrogen (secondary N) is 3. The molecule has 3 N–H and O–H groups in total. The molecular formula is C42H55F2N5O9S. The minimum atomic E-state index is -4.05. The van der Waals surface area contributed by atoms with Gasteiger partial charge in [-0.05, 0) is 90.0 Å². The normalized spacial score (nSPS) is 30.2. The summed E-state index contributed by atoms with van der Waals surface area (Å²) in [5, 5.41) is 6.90. The third kappa shape index (κ3) is 8.45. The summed E-state index contributed by atoms with van der Waals surface area (Å²) in [7, 11) is -4.05. The van der Waals surface area contributed by atoms with Crippen LogP contribution in [0.2, 0.25) is 0 Å². The first kappa shape index (κ1) is 42.6. The van der Waals surface area contributed by atoms with E-state index in [0.717, 1.165) is 25.7 Å². The number of aromatic nitrogens is 1. The molecule has 0 spiro atoms. The van der Waals surface area contributed by atoms with Crippen LogP contribution in [-0.4, -0.2) is 95.3 Å². The molecule has 17 heteroatoms. The number of aryl methyl sites for hydroxylation is 1. The first-order valence-electron chi connectivity index (χ1n) is 20.6. The lowest BCUT2D eigenvalue weighted by Crippen LogP contribution is -2.59. The summed E-state index contributed by atoms with van der Waals surface area (Å²) in [6.45, 7) is 8.53. The van der Waals surface area contributed by atoms with E-state index in [1.165, 1.54) is 4.90 Å². The van der Waals surface area contributed by atoms with Crippen molar-refractivity contribution in [3.05, 3.63) is 42.1 Å². The summed E-state index contributed by atoms with van der Waals surface area (Å²) < 4.78 is 74.3. The third-order valence-electron chi connectivity index (χ3n) is 12.9. The minimum Gasteiger partial charge on any atom is -0.491 e. The van der Waals surface area contributed by atoms with Crippen molar-refractivity contribution in [2.45, 2.75) is 139 Å². The third-order valence-corrected chi connectivity index (χ3v) is 15.1. The molecule has 1 aromatic carbocycles. The van der Waals surface area contributed by atoms with Gasteiger partial charge in [0, 0.05) is 30.0 Å². The van der Waals surface area contributed by atoms with Crippen LogP contribution in [-0.2, 0) is 35.6 Å². The Bertz CT molecular complexity index is 2160. The summed E-state index contributed by atoms with van der Waals surface area (Å²) in [4.78, 5) is 63.0. The van der Waals surface area contributed by atoms with Crippen molar-refractivity contribution in [3.8, 4) is 11.6 Å². The molecule has 1 aromatic heterocycles. The lowest BCUT2D eigenvalue weighted by atomic mass is 9.88. The molecule has 2 saturated carbocycles. The van der Waals surface area contributed by atoms with Crippen LogP contribution in [0, 0.1) is 17.8 Å². The van der Waals surface area contributed by atoms with E-state index >= 15 is 0 Å². The van der Waals surface area contributed by atoms with Gasteiger partial charge < -0.3 is 29.7 Å². The maximum atomic E-state index is 14.9. The van der Waals surface area contributed by atoms with Crippen LogP contribution in [0.3, 0.4) is 0 Å². The van der Waals surface area contributed by atoms with Crippen LogP contribution in [0.15, 0.2) is 36.4 Å². The van der Waals surface area contributed by atoms with Crippen molar-refractivity contribution in [1.82, 2.24) is 25.2 Å². The number of carbonyl (C=O) groups is 4. The van der Waals surface area contributed by atoms with Gasteiger partial charge >= 0.3 is 6.09 Å². The first-order valence-corrected chi connectivity index (χ1v) is 22.1. The fraction of sp³-hybridized carbons (Fsp3) is 0.643. The van der Waals surface area contributed by atoms with Gasteiger partial charge in [0.05, 0.1) is 23.6 Å². The Labute approximate surface area is 343 Å². The SMILES string of the molecule is C[C@@H]1CC/C=C\[C@@H]2C[C@@]2(C(=O)NS(=O)(=O)C2(C)CC2)NC(=O)[C@@H]2C[C@@H](Oc3nc4c(c5ccccc35)OCCC4)CN2C(=O)[C@@H](NC(=O)OC(C)(C)C(C)(F)F)[C@H](C)C1. The Morgan fingerprint density at radius 2 is 1.80 bits per heavy atom. The van der Waals surface area contributed by atoms with Crippen LogP contribution in [0.5, 0.6) is 11.6 Å². The van der Waals surface area contributed by atoms with E-state index in [1.54, 1.807) is 13.8 Å². The van der Waals surface area contributed by atoms with E-state index in [4.69, 9.17) is 19.2 Å². The molecule has 59 heavy (non-hydrogen) atoms. The van der Waals surface area contributed by atoms with Gasteiger partial charge in [-0.25, -0.2) is 27.0 Å². The molecule has 5 aliphatic rings. The summed E-state index contributed by atoms with van der Waals surface area (Å²) >= 11 is 0. The molecule has 3 aliphatic heterocycles. The highest BCUT2D eigenvalue weighted by atomic mass is 32.2. The Balaban J connectivity index is 1.24. The predicted octanol–water partition coefficient (Wildman–Crippen LogP) is 5.32. The van der Waals surface area contributed by atoms with Crippen LogP contribution in [0.4, 0.5) is 13.6 Å². The lowest BCUT2D eigenvalue weighted by molar-refractivity contribution is -0.152. The minimum absolute atomic E-state index is 0.0264. The number of alkyl halides is 2. The van der Waals surface area contributed by atoms with E-state index < -0.39 is 85.7 Å². The molecular weight excluding hydrogens is 789 g/mol. The number of ether oxygens (including phenoxy) is 3. The van der Waals surface area contributed by atoms with Crippen molar-refractivity contribution in [2.75, 3.05) is 13.2 Å². The summed E-state index contributed by atoms with van der Waals surface area (Å²) in [5.74, 6) is -5.72. The maximum absolute atomic E-state index is 14.9. The smallest absolute Gasteiger partial charge is 0.408 e. The molecule has 2 aromatic rings. The number of hydrogen-bond donors (Lipinski definition) is 3. The van der Waals surface area contributed by atoms with Crippen molar-refractivity contribution in [2.24, 2.45) is 17.8 Å². The molecule has 7 atom stereocenters. The number of fused-ring (bicyclic) bond motifs is 5. The number of carbonyl (C=O) groups excluding carboxylic acids is 4. The number of alkyl carbamates (subject to hydrolysis) is 1. The molecule has 14 nitrogen and oxygen atoms in total. The van der Waals surface area contributed by atoms with E-state index in [1.807, 2.05) is 43.3 Å². The number of amides is 4. The number of benzene rings is 1. The first-order chi connectivity index (χ1) is 27.6. The van der Waals surface area contributed by atoms with Gasteiger partial charge in [0.1, 0.15) is 29.5 Å². The molecule has 0 unspecified atom stereocenters. The lowest BCUT2D eigenvalue weighted by Gasteiger charge is -2.35. The highest BCUT2D eigenvalue weighted by Gasteiger charge is 2.63. The van der Waals surface area contributed by atoms with Crippen LogP contribution >= 0.6 is 0 Å². The molecule has 0 radical (unpaired) electrons. The fourth-order valence-electron chi connectivity index (χ4n) is 8.32.